The number of carbonyl (C=O) groups excluding carboxylic acids is 1. The van der Waals surface area contributed by atoms with Gasteiger partial charge in [-0.15, -0.1) is 0 Å². The van der Waals surface area contributed by atoms with Crippen molar-refractivity contribution in [2.75, 3.05) is 13.1 Å². The second-order valence-electron chi connectivity index (χ2n) is 7.45. The van der Waals surface area contributed by atoms with Gasteiger partial charge in [0.1, 0.15) is 0 Å². The van der Waals surface area contributed by atoms with E-state index in [0.29, 0.717) is 6.08 Å². The van der Waals surface area contributed by atoms with Crippen molar-refractivity contribution < 1.29 is 66.4 Å². The quantitative estimate of drug-likeness (QED) is 0.209. The van der Waals surface area contributed by atoms with Crippen LogP contribution in [0.5, 0.6) is 0 Å². The van der Waals surface area contributed by atoms with Crippen molar-refractivity contribution in [2.45, 2.75) is 74.4 Å². The predicted molar refractivity (Wildman–Crippen MR) is 83.9 cm³/mol. The van der Waals surface area contributed by atoms with Crippen LogP contribution in [0, 0.1) is 0 Å². The summed E-state index contributed by atoms with van der Waals surface area (Å²) in [5.74, 6) is -38.6. The van der Waals surface area contributed by atoms with E-state index in [1.54, 1.807) is 0 Å². The van der Waals surface area contributed by atoms with Crippen molar-refractivity contribution in [3.8, 4) is 0 Å². The lowest BCUT2D eigenvalue weighted by atomic mass is 9.89. The first kappa shape index (κ1) is 28.5. The molecule has 2 nitrogen and oxygen atoms in total. The lowest BCUT2D eigenvalue weighted by Crippen LogP contribution is -2.74. The van der Waals surface area contributed by atoms with Gasteiger partial charge in [-0.25, -0.2) is 9.28 Å². The Kier molecular flexibility index (Phi) is 7.43. The van der Waals surface area contributed by atoms with E-state index < -0.39 is 78.2 Å². The van der Waals surface area contributed by atoms with E-state index in [1.807, 2.05) is 0 Å². The molecule has 0 aliphatic carbocycles. The highest BCUT2D eigenvalue weighted by Gasteiger charge is 2.92. The van der Waals surface area contributed by atoms with Gasteiger partial charge in [0, 0.05) is 18.9 Å². The fraction of sp³-hybridized carbons (Fsp3) is 0.824. The Bertz CT molecular complexity index is 716. The monoisotopic (exact) mass is 500 g/mol. The van der Waals surface area contributed by atoms with Gasteiger partial charge in [-0.1, -0.05) is 19.9 Å². The Morgan fingerprint density at radius 2 is 1.34 bits per heavy atom. The van der Waals surface area contributed by atoms with Gasteiger partial charge >= 0.3 is 41.7 Å². The van der Waals surface area contributed by atoms with Crippen LogP contribution in [0.25, 0.3) is 0 Å². The highest BCUT2D eigenvalue weighted by atomic mass is 19.4. The summed E-state index contributed by atoms with van der Waals surface area (Å²) in [6.07, 6.45) is -8.46. The smallest absolute Gasteiger partial charge is 0.249 e. The normalized spacial score (nSPS) is 24.0. The topological polar surface area (TPSA) is 17.1 Å². The molecule has 2 unspecified atom stereocenters. The molecule has 0 aromatic rings. The van der Waals surface area contributed by atoms with Crippen LogP contribution in [0.2, 0.25) is 0 Å². The summed E-state index contributed by atoms with van der Waals surface area (Å²) in [5, 5.41) is 0. The van der Waals surface area contributed by atoms with Gasteiger partial charge in [0.25, 0.3) is 0 Å². The molecule has 1 fully saturated rings. The number of alkyl halides is 13. The fourth-order valence-electron chi connectivity index (χ4n) is 3.72. The van der Waals surface area contributed by atoms with E-state index >= 15 is 0 Å². The maximum absolute atomic E-state index is 14.7. The average Bonchev–Trinajstić information content (AvgIpc) is 3.09. The van der Waals surface area contributed by atoms with Gasteiger partial charge in [0.05, 0.1) is 13.1 Å². The van der Waals surface area contributed by atoms with E-state index in [1.165, 1.54) is 6.92 Å². The Morgan fingerprint density at radius 1 is 0.875 bits per heavy atom. The SMILES string of the molecule is C=CC(=O)[N+]1(CCCC)CCCC1C(F)(F)C(F)(F)C(F)(F)C(F)(F)C(F)(F)C(F)(F)F. The minimum absolute atomic E-state index is 0.0869. The molecule has 0 aromatic heterocycles. The largest absolute Gasteiger partial charge is 0.460 e. The molecule has 0 N–H and O–H groups in total. The highest BCUT2D eigenvalue weighted by Crippen LogP contribution is 2.62. The molecule has 1 amide bonds. The number of carbonyl (C=O) groups is 1. The number of unbranched alkanes of at least 4 members (excludes halogenated alkanes) is 1. The summed E-state index contributed by atoms with van der Waals surface area (Å²) in [6, 6.07) is -3.10. The van der Waals surface area contributed by atoms with Crippen molar-refractivity contribution in [2.24, 2.45) is 0 Å². The molecule has 0 saturated carbocycles. The molecule has 15 heteroatoms. The van der Waals surface area contributed by atoms with Gasteiger partial charge in [-0.05, 0) is 6.42 Å². The Balaban J connectivity index is 3.65. The zero-order chi connectivity index (χ0) is 25.6. The summed E-state index contributed by atoms with van der Waals surface area (Å²) >= 11 is 0. The molecule has 188 valence electrons. The molecule has 0 radical (unpaired) electrons. The van der Waals surface area contributed by atoms with E-state index in [-0.39, 0.29) is 12.8 Å². The van der Waals surface area contributed by atoms with E-state index in [4.69, 9.17) is 0 Å². The molecule has 1 aliphatic heterocycles. The Hall–Kier alpha value is -1.54. The Labute approximate surface area is 173 Å². The van der Waals surface area contributed by atoms with Gasteiger partial charge in [0.2, 0.25) is 0 Å². The minimum Gasteiger partial charge on any atom is -0.249 e. The number of rotatable bonds is 9. The molecule has 1 saturated heterocycles. The molecule has 2 atom stereocenters. The van der Waals surface area contributed by atoms with Crippen molar-refractivity contribution in [1.82, 2.24) is 0 Å². The maximum Gasteiger partial charge on any atom is 0.460 e. The molecule has 0 aromatic carbocycles. The van der Waals surface area contributed by atoms with Crippen LogP contribution in [0.15, 0.2) is 12.7 Å². The highest BCUT2D eigenvalue weighted by molar-refractivity contribution is 5.81. The van der Waals surface area contributed by atoms with E-state index in [9.17, 15) is 61.9 Å². The van der Waals surface area contributed by atoms with Crippen LogP contribution in [0.4, 0.5) is 57.1 Å². The lowest BCUT2D eigenvalue weighted by molar-refractivity contribution is -0.876. The molecule has 0 spiro atoms. The van der Waals surface area contributed by atoms with Crippen LogP contribution in [0.3, 0.4) is 0 Å². The van der Waals surface area contributed by atoms with E-state index in [2.05, 4.69) is 6.58 Å². The first-order chi connectivity index (χ1) is 14.1. The number of quaternary nitrogens is 1. The number of likely N-dealkylation sites (tertiary alicyclic amines) is 1. The fourth-order valence-corrected chi connectivity index (χ4v) is 3.72. The zero-order valence-corrected chi connectivity index (χ0v) is 16.4. The van der Waals surface area contributed by atoms with Gasteiger partial charge in [-0.2, -0.15) is 57.1 Å². The summed E-state index contributed by atoms with van der Waals surface area (Å²) in [5.41, 5.74) is 0. The molecule has 1 aliphatic rings. The molecule has 0 bridgehead atoms. The number of nitrogens with zero attached hydrogens (tertiary/aromatic N) is 1. The van der Waals surface area contributed by atoms with Crippen molar-refractivity contribution in [3.05, 3.63) is 12.7 Å². The number of halogens is 13. The van der Waals surface area contributed by atoms with Crippen molar-refractivity contribution >= 4 is 5.91 Å². The summed E-state index contributed by atoms with van der Waals surface area (Å²) in [4.78, 5) is 12.2. The van der Waals surface area contributed by atoms with Gasteiger partial charge in [-0.3, -0.25) is 0 Å². The number of hydrogen-bond donors (Lipinski definition) is 0. The molecule has 32 heavy (non-hydrogen) atoms. The van der Waals surface area contributed by atoms with Crippen LogP contribution in [0.1, 0.15) is 32.6 Å². The number of hydrogen-bond acceptors (Lipinski definition) is 1. The van der Waals surface area contributed by atoms with Crippen molar-refractivity contribution in [3.63, 3.8) is 0 Å². The zero-order valence-electron chi connectivity index (χ0n) is 16.4. The third-order valence-corrected chi connectivity index (χ3v) is 5.53. The summed E-state index contributed by atoms with van der Waals surface area (Å²) < 4.78 is 174. The van der Waals surface area contributed by atoms with Crippen LogP contribution in [-0.2, 0) is 4.79 Å². The third kappa shape index (κ3) is 3.77. The summed E-state index contributed by atoms with van der Waals surface area (Å²) in [7, 11) is 0. The van der Waals surface area contributed by atoms with Crippen molar-refractivity contribution in [1.29, 1.82) is 0 Å². The van der Waals surface area contributed by atoms with E-state index in [0.717, 1.165) is 0 Å². The van der Waals surface area contributed by atoms with Gasteiger partial charge < -0.3 is 0 Å². The molecule has 1 rings (SSSR count). The standard InChI is InChI=1S/C17H19F13NO/c1-3-5-8-31(11(32)4-2)9-6-7-10(31)12(18,19)13(20,21)14(22,23)15(24,25)16(26,27)17(28,29)30/h4,10H,2-3,5-9H2,1H3/q+1. The minimum atomic E-state index is -7.95. The molecular formula is C17H19F13NO+. The first-order valence-corrected chi connectivity index (χ1v) is 9.13. The predicted octanol–water partition coefficient (Wildman–Crippen LogP) is 6.22. The van der Waals surface area contributed by atoms with Crippen LogP contribution in [-0.4, -0.2) is 65.3 Å². The number of amides is 1. The lowest BCUT2D eigenvalue weighted by Gasteiger charge is -2.45. The second kappa shape index (κ2) is 8.35. The second-order valence-corrected chi connectivity index (χ2v) is 7.45. The molecular weight excluding hydrogens is 481 g/mol. The Morgan fingerprint density at radius 3 is 1.75 bits per heavy atom. The summed E-state index contributed by atoms with van der Waals surface area (Å²) in [6.45, 7) is 3.25. The average molecular weight is 500 g/mol. The van der Waals surface area contributed by atoms with Crippen LogP contribution < -0.4 is 0 Å². The molecule has 1 heterocycles. The van der Waals surface area contributed by atoms with Crippen LogP contribution >= 0.6 is 0 Å². The first-order valence-electron chi connectivity index (χ1n) is 9.13. The maximum atomic E-state index is 14.7. The van der Waals surface area contributed by atoms with Gasteiger partial charge in [0.15, 0.2) is 6.04 Å². The third-order valence-electron chi connectivity index (χ3n) is 5.53.